The van der Waals surface area contributed by atoms with Gasteiger partial charge in [-0.1, -0.05) is 36.4 Å². The quantitative estimate of drug-likeness (QED) is 0.479. The predicted molar refractivity (Wildman–Crippen MR) is 120 cm³/mol. The van der Waals surface area contributed by atoms with Crippen LogP contribution in [-0.4, -0.2) is 37.1 Å². The molecule has 0 radical (unpaired) electrons. The van der Waals surface area contributed by atoms with E-state index in [-0.39, 0.29) is 0 Å². The van der Waals surface area contributed by atoms with Crippen LogP contribution in [0.2, 0.25) is 0 Å². The number of rotatable bonds is 4. The van der Waals surface area contributed by atoms with Gasteiger partial charge in [-0.15, -0.1) is 0 Å². The molecule has 0 aliphatic carbocycles. The number of aliphatic imine (C=N–C) groups is 1. The SMILES string of the molecule is CN=C(NCc1nccc2ccccc12)NC1CCN(c2ccccc2Br)C1. The molecule has 1 aliphatic heterocycles. The lowest BCUT2D eigenvalue weighted by Gasteiger charge is -2.21. The first kappa shape index (κ1) is 18.7. The summed E-state index contributed by atoms with van der Waals surface area (Å²) in [6.07, 6.45) is 2.94. The van der Waals surface area contributed by atoms with Gasteiger partial charge in [0.05, 0.1) is 17.9 Å². The number of halogens is 1. The molecule has 2 heterocycles. The van der Waals surface area contributed by atoms with Crippen LogP contribution in [0.1, 0.15) is 12.1 Å². The maximum Gasteiger partial charge on any atom is 0.191 e. The minimum Gasteiger partial charge on any atom is -0.368 e. The van der Waals surface area contributed by atoms with E-state index in [1.54, 1.807) is 0 Å². The molecule has 0 bridgehead atoms. The van der Waals surface area contributed by atoms with Gasteiger partial charge in [0.1, 0.15) is 0 Å². The second-order valence-electron chi connectivity index (χ2n) is 6.93. The molecule has 1 unspecified atom stereocenters. The molecule has 3 aromatic rings. The summed E-state index contributed by atoms with van der Waals surface area (Å²) in [7, 11) is 1.81. The Morgan fingerprint density at radius 1 is 1.18 bits per heavy atom. The molecule has 1 aromatic heterocycles. The van der Waals surface area contributed by atoms with Gasteiger partial charge >= 0.3 is 0 Å². The summed E-state index contributed by atoms with van der Waals surface area (Å²) in [5.41, 5.74) is 2.28. The van der Waals surface area contributed by atoms with Gasteiger partial charge in [-0.2, -0.15) is 0 Å². The number of fused-ring (bicyclic) bond motifs is 1. The lowest BCUT2D eigenvalue weighted by molar-refractivity contribution is 0.647. The van der Waals surface area contributed by atoms with Crippen molar-refractivity contribution in [1.82, 2.24) is 15.6 Å². The van der Waals surface area contributed by atoms with E-state index in [2.05, 4.69) is 83.9 Å². The Bertz CT molecular complexity index is 982. The summed E-state index contributed by atoms with van der Waals surface area (Å²) in [5.74, 6) is 0.814. The van der Waals surface area contributed by atoms with Crippen LogP contribution in [-0.2, 0) is 6.54 Å². The minimum atomic E-state index is 0.360. The van der Waals surface area contributed by atoms with E-state index < -0.39 is 0 Å². The van der Waals surface area contributed by atoms with Crippen molar-refractivity contribution >= 4 is 38.3 Å². The molecule has 144 valence electrons. The number of nitrogens with one attached hydrogen (secondary N) is 2. The van der Waals surface area contributed by atoms with E-state index in [1.807, 2.05) is 25.4 Å². The zero-order valence-electron chi connectivity index (χ0n) is 15.9. The number of guanidine groups is 1. The third-order valence-corrected chi connectivity index (χ3v) is 5.80. The smallest absolute Gasteiger partial charge is 0.191 e. The van der Waals surface area contributed by atoms with Crippen molar-refractivity contribution < 1.29 is 0 Å². The summed E-state index contributed by atoms with van der Waals surface area (Å²) in [6.45, 7) is 2.62. The molecule has 6 heteroatoms. The molecule has 5 nitrogen and oxygen atoms in total. The summed E-state index contributed by atoms with van der Waals surface area (Å²) in [5, 5.41) is 9.36. The summed E-state index contributed by atoms with van der Waals surface area (Å²) < 4.78 is 1.14. The normalized spacial score (nSPS) is 17.1. The van der Waals surface area contributed by atoms with E-state index in [0.717, 1.165) is 35.6 Å². The van der Waals surface area contributed by atoms with Crippen molar-refractivity contribution in [2.75, 3.05) is 25.0 Å². The van der Waals surface area contributed by atoms with E-state index in [0.29, 0.717) is 12.6 Å². The molecular weight excluding hydrogens is 414 g/mol. The standard InChI is InChI=1S/C22H24BrN5/c1-24-22(26-14-20-18-7-3-2-6-16(18)10-12-25-20)27-17-11-13-28(15-17)21-9-5-4-8-19(21)23/h2-10,12,17H,11,13-15H2,1H3,(H2,24,26,27). The molecule has 0 spiro atoms. The Morgan fingerprint density at radius 3 is 2.86 bits per heavy atom. The van der Waals surface area contributed by atoms with Gasteiger partial charge in [0.15, 0.2) is 5.96 Å². The van der Waals surface area contributed by atoms with Gasteiger partial charge in [0, 0.05) is 42.2 Å². The average molecular weight is 438 g/mol. The van der Waals surface area contributed by atoms with E-state index >= 15 is 0 Å². The van der Waals surface area contributed by atoms with Crippen molar-refractivity contribution in [2.24, 2.45) is 4.99 Å². The number of hydrogen-bond acceptors (Lipinski definition) is 3. The predicted octanol–water partition coefficient (Wildman–Crippen LogP) is 3.94. The maximum absolute atomic E-state index is 4.55. The average Bonchev–Trinajstić information content (AvgIpc) is 3.19. The van der Waals surface area contributed by atoms with E-state index in [1.165, 1.54) is 16.5 Å². The highest BCUT2D eigenvalue weighted by atomic mass is 79.9. The number of hydrogen-bond donors (Lipinski definition) is 2. The van der Waals surface area contributed by atoms with Gasteiger partial charge < -0.3 is 15.5 Å². The fourth-order valence-electron chi connectivity index (χ4n) is 3.68. The van der Waals surface area contributed by atoms with Gasteiger partial charge in [0.2, 0.25) is 0 Å². The number of anilines is 1. The van der Waals surface area contributed by atoms with Gasteiger partial charge in [0.25, 0.3) is 0 Å². The molecular formula is C22H24BrN5. The highest BCUT2D eigenvalue weighted by Gasteiger charge is 2.24. The Hall–Kier alpha value is -2.60. The Labute approximate surface area is 174 Å². The first-order valence-corrected chi connectivity index (χ1v) is 10.3. The van der Waals surface area contributed by atoms with Gasteiger partial charge in [-0.25, -0.2) is 0 Å². The van der Waals surface area contributed by atoms with Crippen LogP contribution < -0.4 is 15.5 Å². The van der Waals surface area contributed by atoms with Crippen molar-refractivity contribution in [3.05, 3.63) is 71.0 Å². The molecule has 1 saturated heterocycles. The first-order valence-electron chi connectivity index (χ1n) is 9.54. The number of aromatic nitrogens is 1. The van der Waals surface area contributed by atoms with Crippen LogP contribution >= 0.6 is 15.9 Å². The molecule has 2 aromatic carbocycles. The highest BCUT2D eigenvalue weighted by Crippen LogP contribution is 2.28. The van der Waals surface area contributed by atoms with E-state index in [9.17, 15) is 0 Å². The molecule has 1 aliphatic rings. The fourth-order valence-corrected chi connectivity index (χ4v) is 4.22. The second kappa shape index (κ2) is 8.61. The fraction of sp³-hybridized carbons (Fsp3) is 0.273. The Morgan fingerprint density at radius 2 is 2.00 bits per heavy atom. The topological polar surface area (TPSA) is 52.6 Å². The minimum absolute atomic E-state index is 0.360. The summed E-state index contributed by atoms with van der Waals surface area (Å²) in [6, 6.07) is 19.1. The van der Waals surface area contributed by atoms with Crippen molar-refractivity contribution in [3.63, 3.8) is 0 Å². The number of pyridine rings is 1. The van der Waals surface area contributed by atoms with Crippen LogP contribution in [0.3, 0.4) is 0 Å². The molecule has 0 saturated carbocycles. The first-order chi connectivity index (χ1) is 13.7. The number of benzene rings is 2. The lowest BCUT2D eigenvalue weighted by atomic mass is 10.1. The van der Waals surface area contributed by atoms with E-state index in [4.69, 9.17) is 0 Å². The van der Waals surface area contributed by atoms with Crippen LogP contribution in [0, 0.1) is 0 Å². The second-order valence-corrected chi connectivity index (χ2v) is 7.79. The van der Waals surface area contributed by atoms with Crippen molar-refractivity contribution in [2.45, 2.75) is 19.0 Å². The zero-order chi connectivity index (χ0) is 19.3. The van der Waals surface area contributed by atoms with Crippen molar-refractivity contribution in [3.8, 4) is 0 Å². The van der Waals surface area contributed by atoms with Crippen LogP contribution in [0.25, 0.3) is 10.8 Å². The third-order valence-electron chi connectivity index (χ3n) is 5.13. The van der Waals surface area contributed by atoms with Gasteiger partial charge in [-0.05, 0) is 45.9 Å². The van der Waals surface area contributed by atoms with Crippen molar-refractivity contribution in [1.29, 1.82) is 0 Å². The van der Waals surface area contributed by atoms with Crippen LogP contribution in [0.5, 0.6) is 0 Å². The summed E-state index contributed by atoms with van der Waals surface area (Å²) >= 11 is 3.66. The largest absolute Gasteiger partial charge is 0.368 e. The lowest BCUT2D eigenvalue weighted by Crippen LogP contribution is -2.44. The molecule has 4 rings (SSSR count). The highest BCUT2D eigenvalue weighted by molar-refractivity contribution is 9.10. The Balaban J connectivity index is 1.37. The number of nitrogens with zero attached hydrogens (tertiary/aromatic N) is 3. The molecule has 1 fully saturated rings. The molecule has 2 N–H and O–H groups in total. The number of para-hydroxylation sites is 1. The zero-order valence-corrected chi connectivity index (χ0v) is 17.5. The molecule has 1 atom stereocenters. The monoisotopic (exact) mass is 437 g/mol. The van der Waals surface area contributed by atoms with Gasteiger partial charge in [-0.3, -0.25) is 9.98 Å². The van der Waals surface area contributed by atoms with Crippen LogP contribution in [0.4, 0.5) is 5.69 Å². The maximum atomic E-state index is 4.55. The molecule has 28 heavy (non-hydrogen) atoms. The van der Waals surface area contributed by atoms with Crippen LogP contribution in [0.15, 0.2) is 70.3 Å². The Kier molecular flexibility index (Phi) is 5.76. The molecule has 0 amide bonds. The summed E-state index contributed by atoms with van der Waals surface area (Å²) in [4.78, 5) is 11.4. The third kappa shape index (κ3) is 4.12.